The number of anilines is 1. The number of nitrogens with two attached hydrogens (primary N) is 1. The van der Waals surface area contributed by atoms with Gasteiger partial charge < -0.3 is 5.73 Å². The van der Waals surface area contributed by atoms with Gasteiger partial charge in [0.2, 0.25) is 0 Å². The molecule has 2 rings (SSSR count). The first kappa shape index (κ1) is 14.3. The van der Waals surface area contributed by atoms with Crippen LogP contribution in [0.4, 0.5) is 5.82 Å². The van der Waals surface area contributed by atoms with Crippen molar-refractivity contribution >= 4 is 33.5 Å². The number of hydrogen-bond acceptors (Lipinski definition) is 4. The molecule has 0 spiro atoms. The smallest absolute Gasteiger partial charge is 0.141 e. The lowest BCUT2D eigenvalue weighted by Gasteiger charge is -2.09. The van der Waals surface area contributed by atoms with E-state index >= 15 is 0 Å². The first-order valence-corrected chi connectivity index (χ1v) is 7.89. The summed E-state index contributed by atoms with van der Waals surface area (Å²) in [6, 6.07) is 8.13. The summed E-state index contributed by atoms with van der Waals surface area (Å²) in [7, 11) is 0. The minimum Gasteiger partial charge on any atom is -0.383 e. The minimum atomic E-state index is 0.592. The number of rotatable bonds is 4. The SMILES string of the molecule is CCc1nc(CSc2ccccc2Br)nc(N)c1C. The fourth-order valence-corrected chi connectivity index (χ4v) is 3.17. The van der Waals surface area contributed by atoms with E-state index in [1.54, 1.807) is 11.8 Å². The number of thioether (sulfide) groups is 1. The summed E-state index contributed by atoms with van der Waals surface area (Å²) in [6.45, 7) is 4.05. The lowest BCUT2D eigenvalue weighted by atomic mass is 10.2. The highest BCUT2D eigenvalue weighted by Crippen LogP contribution is 2.29. The maximum atomic E-state index is 5.93. The second kappa shape index (κ2) is 6.39. The van der Waals surface area contributed by atoms with E-state index in [-0.39, 0.29) is 0 Å². The van der Waals surface area contributed by atoms with Crippen molar-refractivity contribution in [3.05, 3.63) is 45.8 Å². The maximum Gasteiger partial charge on any atom is 0.141 e. The Bertz CT molecular complexity index is 587. The molecule has 0 radical (unpaired) electrons. The highest BCUT2D eigenvalue weighted by molar-refractivity contribution is 9.10. The zero-order valence-electron chi connectivity index (χ0n) is 11.0. The van der Waals surface area contributed by atoms with Crippen molar-refractivity contribution in [2.45, 2.75) is 30.9 Å². The van der Waals surface area contributed by atoms with Crippen LogP contribution in [0.5, 0.6) is 0 Å². The van der Waals surface area contributed by atoms with E-state index in [4.69, 9.17) is 5.73 Å². The number of benzene rings is 1. The van der Waals surface area contributed by atoms with E-state index in [1.807, 2.05) is 25.1 Å². The van der Waals surface area contributed by atoms with Crippen molar-refractivity contribution in [3.8, 4) is 0 Å². The summed E-state index contributed by atoms with van der Waals surface area (Å²) in [5.41, 5.74) is 7.96. The molecule has 5 heteroatoms. The van der Waals surface area contributed by atoms with Crippen LogP contribution in [0.3, 0.4) is 0 Å². The highest BCUT2D eigenvalue weighted by atomic mass is 79.9. The molecule has 1 heterocycles. The van der Waals surface area contributed by atoms with Gasteiger partial charge in [-0.15, -0.1) is 11.8 Å². The van der Waals surface area contributed by atoms with Crippen molar-refractivity contribution in [2.24, 2.45) is 0 Å². The average Bonchev–Trinajstić information content (AvgIpc) is 2.41. The van der Waals surface area contributed by atoms with Crippen LogP contribution in [-0.2, 0) is 12.2 Å². The fourth-order valence-electron chi connectivity index (χ4n) is 1.75. The monoisotopic (exact) mass is 337 g/mol. The molecule has 0 unspecified atom stereocenters. The van der Waals surface area contributed by atoms with E-state index in [0.29, 0.717) is 5.82 Å². The Kier molecular flexibility index (Phi) is 4.82. The standard InChI is InChI=1S/C14H16BrN3S/c1-3-11-9(2)14(16)18-13(17-11)8-19-12-7-5-4-6-10(12)15/h4-7H,3,8H2,1-2H3,(H2,16,17,18). The predicted octanol–water partition coefficient (Wildman–Crippen LogP) is 3.98. The minimum absolute atomic E-state index is 0.592. The molecule has 19 heavy (non-hydrogen) atoms. The van der Waals surface area contributed by atoms with E-state index in [1.165, 1.54) is 4.90 Å². The molecule has 0 bridgehead atoms. The largest absolute Gasteiger partial charge is 0.383 e. The van der Waals surface area contributed by atoms with E-state index in [0.717, 1.165) is 33.7 Å². The molecule has 0 saturated heterocycles. The van der Waals surface area contributed by atoms with Crippen molar-refractivity contribution in [3.63, 3.8) is 0 Å². The summed E-state index contributed by atoms with van der Waals surface area (Å²) < 4.78 is 1.09. The fraction of sp³-hybridized carbons (Fsp3) is 0.286. The molecule has 0 atom stereocenters. The summed E-state index contributed by atoms with van der Waals surface area (Å²) in [4.78, 5) is 10.1. The van der Waals surface area contributed by atoms with Crippen LogP contribution in [0, 0.1) is 6.92 Å². The molecule has 0 aliphatic rings. The summed E-state index contributed by atoms with van der Waals surface area (Å²) in [6.07, 6.45) is 0.880. The summed E-state index contributed by atoms with van der Waals surface area (Å²) in [5, 5.41) is 0. The van der Waals surface area contributed by atoms with Crippen LogP contribution in [0.15, 0.2) is 33.6 Å². The predicted molar refractivity (Wildman–Crippen MR) is 84.3 cm³/mol. The topological polar surface area (TPSA) is 51.8 Å². The zero-order chi connectivity index (χ0) is 13.8. The molecule has 2 N–H and O–H groups in total. The molecule has 0 fully saturated rings. The van der Waals surface area contributed by atoms with Crippen LogP contribution >= 0.6 is 27.7 Å². The number of nitrogen functional groups attached to an aromatic ring is 1. The quantitative estimate of drug-likeness (QED) is 0.857. The van der Waals surface area contributed by atoms with Crippen LogP contribution in [0.2, 0.25) is 0 Å². The number of nitrogens with zero attached hydrogens (tertiary/aromatic N) is 2. The van der Waals surface area contributed by atoms with Gasteiger partial charge in [-0.2, -0.15) is 0 Å². The molecule has 100 valence electrons. The van der Waals surface area contributed by atoms with Gasteiger partial charge in [0.15, 0.2) is 0 Å². The first-order chi connectivity index (χ1) is 9.11. The third-order valence-corrected chi connectivity index (χ3v) is 4.88. The number of aromatic nitrogens is 2. The average molecular weight is 338 g/mol. The van der Waals surface area contributed by atoms with Gasteiger partial charge in [0.25, 0.3) is 0 Å². The Morgan fingerprint density at radius 2 is 2.00 bits per heavy atom. The molecular weight excluding hydrogens is 322 g/mol. The van der Waals surface area contributed by atoms with Gasteiger partial charge in [0.1, 0.15) is 11.6 Å². The molecule has 0 aliphatic carbocycles. The van der Waals surface area contributed by atoms with Crippen molar-refractivity contribution in [1.82, 2.24) is 9.97 Å². The summed E-state index contributed by atoms with van der Waals surface area (Å²) in [5.74, 6) is 2.11. The van der Waals surface area contributed by atoms with Gasteiger partial charge in [-0.3, -0.25) is 0 Å². The van der Waals surface area contributed by atoms with Crippen LogP contribution in [-0.4, -0.2) is 9.97 Å². The van der Waals surface area contributed by atoms with E-state index in [9.17, 15) is 0 Å². The van der Waals surface area contributed by atoms with Gasteiger partial charge in [-0.25, -0.2) is 9.97 Å². The van der Waals surface area contributed by atoms with Crippen molar-refractivity contribution in [1.29, 1.82) is 0 Å². The maximum absolute atomic E-state index is 5.93. The van der Waals surface area contributed by atoms with E-state index < -0.39 is 0 Å². The molecule has 1 aromatic carbocycles. The van der Waals surface area contributed by atoms with Crippen LogP contribution in [0.25, 0.3) is 0 Å². The Morgan fingerprint density at radius 1 is 1.26 bits per heavy atom. The van der Waals surface area contributed by atoms with E-state index in [2.05, 4.69) is 38.9 Å². The normalized spacial score (nSPS) is 10.7. The third-order valence-electron chi connectivity index (χ3n) is 2.86. The Labute approximate surface area is 126 Å². The second-order valence-electron chi connectivity index (χ2n) is 4.17. The molecule has 0 amide bonds. The highest BCUT2D eigenvalue weighted by Gasteiger charge is 2.08. The van der Waals surface area contributed by atoms with Gasteiger partial charge in [-0.1, -0.05) is 19.1 Å². The lowest BCUT2D eigenvalue weighted by Crippen LogP contribution is -2.06. The second-order valence-corrected chi connectivity index (χ2v) is 6.04. The molecular formula is C14H16BrN3S. The molecule has 3 nitrogen and oxygen atoms in total. The van der Waals surface area contributed by atoms with Crippen LogP contribution < -0.4 is 5.73 Å². The number of aryl methyl sites for hydroxylation is 1. The van der Waals surface area contributed by atoms with Crippen LogP contribution in [0.1, 0.15) is 24.0 Å². The molecule has 1 aromatic heterocycles. The molecule has 0 saturated carbocycles. The van der Waals surface area contributed by atoms with Gasteiger partial charge in [0.05, 0.1) is 5.75 Å². The van der Waals surface area contributed by atoms with Crippen molar-refractivity contribution < 1.29 is 0 Å². The van der Waals surface area contributed by atoms with Gasteiger partial charge in [0, 0.05) is 20.6 Å². The zero-order valence-corrected chi connectivity index (χ0v) is 13.4. The van der Waals surface area contributed by atoms with Gasteiger partial charge >= 0.3 is 0 Å². The Morgan fingerprint density at radius 3 is 2.68 bits per heavy atom. The number of hydrogen-bond donors (Lipinski definition) is 1. The first-order valence-electron chi connectivity index (χ1n) is 6.11. The third kappa shape index (κ3) is 3.48. The number of halogens is 1. The Balaban J connectivity index is 2.16. The van der Waals surface area contributed by atoms with Gasteiger partial charge in [-0.05, 0) is 41.4 Å². The molecule has 2 aromatic rings. The molecule has 0 aliphatic heterocycles. The van der Waals surface area contributed by atoms with Crippen molar-refractivity contribution in [2.75, 3.05) is 5.73 Å². The lowest BCUT2D eigenvalue weighted by molar-refractivity contribution is 0.924. The summed E-state index contributed by atoms with van der Waals surface area (Å²) >= 11 is 5.24. The Hall–Kier alpha value is -1.07.